The van der Waals surface area contributed by atoms with Gasteiger partial charge in [-0.05, 0) is 49.4 Å². The van der Waals surface area contributed by atoms with Gasteiger partial charge < -0.3 is 16.2 Å². The highest BCUT2D eigenvalue weighted by molar-refractivity contribution is 5.97. The van der Waals surface area contributed by atoms with Crippen LogP contribution in [0.1, 0.15) is 29.1 Å². The van der Waals surface area contributed by atoms with Crippen LogP contribution in [0.25, 0.3) is 16.6 Å². The molecule has 140 valence electrons. The Morgan fingerprint density at radius 1 is 1.18 bits per heavy atom. The van der Waals surface area contributed by atoms with E-state index in [1.807, 2.05) is 31.3 Å². The van der Waals surface area contributed by atoms with Crippen LogP contribution < -0.4 is 16.2 Å². The van der Waals surface area contributed by atoms with Gasteiger partial charge in [-0.25, -0.2) is 9.67 Å². The fourth-order valence-corrected chi connectivity index (χ4v) is 2.99. The summed E-state index contributed by atoms with van der Waals surface area (Å²) in [5, 5.41) is 4.97. The third kappa shape index (κ3) is 3.23. The van der Waals surface area contributed by atoms with Crippen molar-refractivity contribution < 1.29 is 9.53 Å². The molecule has 0 saturated carbocycles. The van der Waals surface area contributed by atoms with E-state index in [9.17, 15) is 4.79 Å². The lowest BCUT2D eigenvalue weighted by atomic mass is 10.1. The van der Waals surface area contributed by atoms with E-state index in [2.05, 4.69) is 15.1 Å². The largest absolute Gasteiger partial charge is 0.480 e. The molecule has 28 heavy (non-hydrogen) atoms. The van der Waals surface area contributed by atoms with Crippen LogP contribution in [0.2, 0.25) is 0 Å². The van der Waals surface area contributed by atoms with Gasteiger partial charge in [0.2, 0.25) is 5.91 Å². The van der Waals surface area contributed by atoms with Gasteiger partial charge in [0.25, 0.3) is 0 Å². The molecule has 0 aliphatic heterocycles. The third-order valence-electron chi connectivity index (χ3n) is 4.35. The van der Waals surface area contributed by atoms with Crippen molar-refractivity contribution in [2.45, 2.75) is 13.0 Å². The van der Waals surface area contributed by atoms with Gasteiger partial charge in [-0.3, -0.25) is 9.78 Å². The van der Waals surface area contributed by atoms with Crippen LogP contribution in [0, 0.1) is 0 Å². The molecule has 1 aromatic carbocycles. The number of rotatable bonds is 5. The predicted molar refractivity (Wildman–Crippen MR) is 105 cm³/mol. The smallest absolute Gasteiger partial charge is 0.248 e. The summed E-state index contributed by atoms with van der Waals surface area (Å²) in [6, 6.07) is 12.3. The minimum absolute atomic E-state index is 0.253. The summed E-state index contributed by atoms with van der Waals surface area (Å²) in [7, 11) is 0. The summed E-state index contributed by atoms with van der Waals surface area (Å²) in [6.07, 6.45) is 4.82. The molecule has 1 unspecified atom stereocenters. The van der Waals surface area contributed by atoms with Crippen molar-refractivity contribution in [3.05, 3.63) is 72.3 Å². The molecule has 1 atom stereocenters. The Morgan fingerprint density at radius 3 is 2.79 bits per heavy atom. The van der Waals surface area contributed by atoms with Gasteiger partial charge >= 0.3 is 0 Å². The number of hydrogen-bond donors (Lipinski definition) is 2. The summed E-state index contributed by atoms with van der Waals surface area (Å²) in [5.41, 5.74) is 14.0. The van der Waals surface area contributed by atoms with Gasteiger partial charge in [0, 0.05) is 29.5 Å². The maximum Gasteiger partial charge on any atom is 0.248 e. The minimum Gasteiger partial charge on any atom is -0.480 e. The van der Waals surface area contributed by atoms with Crippen molar-refractivity contribution in [2.24, 2.45) is 5.73 Å². The van der Waals surface area contributed by atoms with Crippen LogP contribution in [0.3, 0.4) is 0 Å². The van der Waals surface area contributed by atoms with E-state index in [1.54, 1.807) is 41.3 Å². The quantitative estimate of drug-likeness (QED) is 0.554. The molecule has 0 aliphatic carbocycles. The summed E-state index contributed by atoms with van der Waals surface area (Å²) in [5.74, 6) is 0.147. The highest BCUT2D eigenvalue weighted by Gasteiger charge is 2.17. The first-order chi connectivity index (χ1) is 13.5. The van der Waals surface area contributed by atoms with Crippen LogP contribution in [0.5, 0.6) is 5.75 Å². The molecular weight excluding hydrogens is 356 g/mol. The first-order valence-corrected chi connectivity index (χ1v) is 8.64. The third-order valence-corrected chi connectivity index (χ3v) is 4.35. The van der Waals surface area contributed by atoms with Crippen molar-refractivity contribution in [1.29, 1.82) is 0 Å². The molecule has 8 heteroatoms. The molecule has 0 aliphatic rings. The number of anilines is 1. The van der Waals surface area contributed by atoms with Crippen molar-refractivity contribution >= 4 is 22.6 Å². The normalized spacial score (nSPS) is 12.0. The highest BCUT2D eigenvalue weighted by atomic mass is 16.5. The first-order valence-electron chi connectivity index (χ1n) is 8.64. The predicted octanol–water partition coefficient (Wildman–Crippen LogP) is 2.64. The molecule has 4 N–H and O–H groups in total. The lowest BCUT2D eigenvalue weighted by Crippen LogP contribution is -2.12. The number of nitrogen functional groups attached to an aromatic ring is 1. The van der Waals surface area contributed by atoms with Crippen molar-refractivity contribution in [3.63, 3.8) is 0 Å². The molecule has 0 saturated heterocycles. The van der Waals surface area contributed by atoms with E-state index in [0.717, 1.165) is 5.69 Å². The van der Waals surface area contributed by atoms with Crippen molar-refractivity contribution in [3.8, 4) is 11.4 Å². The Kier molecular flexibility index (Phi) is 4.36. The molecule has 1 amide bonds. The van der Waals surface area contributed by atoms with Crippen LogP contribution >= 0.6 is 0 Å². The van der Waals surface area contributed by atoms with E-state index in [-0.39, 0.29) is 5.82 Å². The number of pyridine rings is 2. The van der Waals surface area contributed by atoms with Crippen LogP contribution in [0.4, 0.5) is 5.82 Å². The topological polar surface area (TPSA) is 122 Å². The maximum absolute atomic E-state index is 11.4. The summed E-state index contributed by atoms with van der Waals surface area (Å²) >= 11 is 0. The zero-order chi connectivity index (χ0) is 19.7. The van der Waals surface area contributed by atoms with Gasteiger partial charge in [-0.1, -0.05) is 0 Å². The Morgan fingerprint density at radius 2 is 2.04 bits per heavy atom. The number of hydrogen-bond acceptors (Lipinski definition) is 6. The van der Waals surface area contributed by atoms with Gasteiger partial charge in [-0.15, -0.1) is 0 Å². The van der Waals surface area contributed by atoms with Crippen molar-refractivity contribution in [2.75, 3.05) is 5.73 Å². The molecule has 8 nitrogen and oxygen atoms in total. The maximum atomic E-state index is 11.4. The first kappa shape index (κ1) is 17.5. The van der Waals surface area contributed by atoms with Gasteiger partial charge in [0.05, 0.1) is 11.2 Å². The lowest BCUT2D eigenvalue weighted by Gasteiger charge is -2.18. The van der Waals surface area contributed by atoms with E-state index >= 15 is 0 Å². The summed E-state index contributed by atoms with van der Waals surface area (Å²) in [6.45, 7) is 1.87. The number of aromatic nitrogens is 4. The molecule has 3 aromatic heterocycles. The Bertz CT molecular complexity index is 1160. The van der Waals surface area contributed by atoms with Crippen LogP contribution in [-0.2, 0) is 0 Å². The number of benzene rings is 1. The molecule has 4 rings (SSSR count). The Balaban J connectivity index is 1.70. The average Bonchev–Trinajstić information content (AvgIpc) is 3.22. The van der Waals surface area contributed by atoms with Gasteiger partial charge in [-0.2, -0.15) is 5.10 Å². The Labute approximate surface area is 160 Å². The molecule has 0 bridgehead atoms. The zero-order valence-corrected chi connectivity index (χ0v) is 15.1. The summed E-state index contributed by atoms with van der Waals surface area (Å²) in [4.78, 5) is 20.2. The molecule has 3 heterocycles. The van der Waals surface area contributed by atoms with Crippen LogP contribution in [-0.4, -0.2) is 25.7 Å². The number of amides is 1. The number of carbonyl (C=O) groups excluding carboxylic acids is 1. The summed E-state index contributed by atoms with van der Waals surface area (Å²) < 4.78 is 7.80. The van der Waals surface area contributed by atoms with E-state index in [0.29, 0.717) is 27.9 Å². The number of nitrogens with zero attached hydrogens (tertiary/aromatic N) is 4. The average molecular weight is 374 g/mol. The molecule has 0 spiro atoms. The second-order valence-electron chi connectivity index (χ2n) is 6.26. The van der Waals surface area contributed by atoms with Gasteiger partial charge in [0.15, 0.2) is 11.6 Å². The minimum atomic E-state index is -0.507. The SMILES string of the molecule is CC(Oc1cc2cc(C(N)=O)ccc2nc1N)c1ncccc1-n1cccn1. The molecule has 0 fully saturated rings. The number of fused-ring (bicyclic) bond motifs is 1. The highest BCUT2D eigenvalue weighted by Crippen LogP contribution is 2.30. The fraction of sp³-hybridized carbons (Fsp3) is 0.100. The van der Waals surface area contributed by atoms with Gasteiger partial charge in [0.1, 0.15) is 11.8 Å². The number of carbonyl (C=O) groups is 1. The molecular formula is C20H18N6O2. The zero-order valence-electron chi connectivity index (χ0n) is 15.1. The van der Waals surface area contributed by atoms with Crippen molar-refractivity contribution in [1.82, 2.24) is 19.7 Å². The second kappa shape index (κ2) is 6.99. The van der Waals surface area contributed by atoms with E-state index in [1.165, 1.54) is 0 Å². The Hall–Kier alpha value is -3.94. The van der Waals surface area contributed by atoms with Crippen LogP contribution in [0.15, 0.2) is 61.1 Å². The number of nitrogens with two attached hydrogens (primary N) is 2. The lowest BCUT2D eigenvalue weighted by molar-refractivity contribution is 0.100. The standard InChI is InChI=1S/C20H18N6O2/c1-12(18-16(4-2-7-23-18)26-9-3-8-24-26)28-17-11-14-10-13(20(22)27)5-6-15(14)25-19(17)21/h2-12H,1H3,(H2,21,25)(H2,22,27). The fourth-order valence-electron chi connectivity index (χ4n) is 2.99. The number of primary amides is 1. The van der Waals surface area contributed by atoms with E-state index < -0.39 is 12.0 Å². The molecule has 0 radical (unpaired) electrons. The number of ether oxygens (including phenoxy) is 1. The molecule has 4 aromatic rings. The monoisotopic (exact) mass is 374 g/mol. The van der Waals surface area contributed by atoms with E-state index in [4.69, 9.17) is 16.2 Å². The second-order valence-corrected chi connectivity index (χ2v) is 6.26.